The summed E-state index contributed by atoms with van der Waals surface area (Å²) in [6.45, 7) is 0.410. The summed E-state index contributed by atoms with van der Waals surface area (Å²) in [6.07, 6.45) is 4.71. The third-order valence-electron chi connectivity index (χ3n) is 2.06. The van der Waals surface area contributed by atoms with Crippen LogP contribution in [-0.4, -0.2) is 24.9 Å². The zero-order valence-electron chi connectivity index (χ0n) is 10.3. The van der Waals surface area contributed by atoms with Gasteiger partial charge >= 0.3 is 0 Å². The van der Waals surface area contributed by atoms with Crippen molar-refractivity contribution in [1.82, 2.24) is 0 Å². The molecule has 3 nitrogen and oxygen atoms in total. The van der Waals surface area contributed by atoms with Crippen molar-refractivity contribution < 1.29 is 14.6 Å². The molecular weight excluding hydrogens is 346 g/mol. The zero-order valence-corrected chi connectivity index (χ0v) is 13.3. The normalized spacial score (nSPS) is 10.7. The van der Waals surface area contributed by atoms with Crippen LogP contribution in [0.15, 0.2) is 34.9 Å². The smallest absolute Gasteiger partial charge is 0.157 e. The minimum atomic E-state index is -0.0474. The van der Waals surface area contributed by atoms with Gasteiger partial charge in [-0.05, 0) is 12.2 Å². The highest BCUT2D eigenvalue weighted by Gasteiger charge is 2.10. The van der Waals surface area contributed by atoms with E-state index in [0.29, 0.717) is 21.5 Å². The summed E-state index contributed by atoms with van der Waals surface area (Å²) in [5.74, 6) is 0.832. The second-order valence-electron chi connectivity index (χ2n) is 3.49. The van der Waals surface area contributed by atoms with Gasteiger partial charge in [-0.15, -0.1) is 0 Å². The number of aliphatic hydroxyl groups is 1. The summed E-state index contributed by atoms with van der Waals surface area (Å²) < 4.78 is 10.9. The van der Waals surface area contributed by atoms with E-state index in [0.717, 1.165) is 0 Å². The number of benzene rings is 1. The Kier molecular flexibility index (Phi) is 8.19. The lowest BCUT2D eigenvalue weighted by molar-refractivity contribution is 0.335. The van der Waals surface area contributed by atoms with Crippen LogP contribution < -0.4 is 9.47 Å². The fourth-order valence-corrected chi connectivity index (χ4v) is 1.93. The first kappa shape index (κ1) is 17.5. The molecule has 0 aliphatic heterocycles. The van der Waals surface area contributed by atoms with Crippen LogP contribution >= 0.6 is 46.4 Å². The minimum Gasteiger partial charge on any atom is -0.489 e. The fourth-order valence-electron chi connectivity index (χ4n) is 1.23. The van der Waals surface area contributed by atoms with E-state index in [9.17, 15) is 0 Å². The lowest BCUT2D eigenvalue weighted by Crippen LogP contribution is -1.98. The molecule has 0 bridgehead atoms. The monoisotopic (exact) mass is 356 g/mol. The van der Waals surface area contributed by atoms with Crippen LogP contribution in [-0.2, 0) is 0 Å². The quantitative estimate of drug-likeness (QED) is 0.723. The standard InChI is InChI=1S/C13H12Cl4O3/c14-10-7-9(19-6-3-12(16)17)8-11(15)13(10)20-5-2-1-4-18/h1-3,7-8,18H,4-6H2/b2-1+. The summed E-state index contributed by atoms with van der Waals surface area (Å²) in [5.41, 5.74) is 0. The predicted molar refractivity (Wildman–Crippen MR) is 83.5 cm³/mol. The summed E-state index contributed by atoms with van der Waals surface area (Å²) in [4.78, 5) is 0. The van der Waals surface area contributed by atoms with Crippen molar-refractivity contribution in [2.75, 3.05) is 19.8 Å². The number of hydrogen-bond donors (Lipinski definition) is 1. The van der Waals surface area contributed by atoms with Gasteiger partial charge in [-0.3, -0.25) is 0 Å². The average Bonchev–Trinajstić information content (AvgIpc) is 2.36. The van der Waals surface area contributed by atoms with Crippen LogP contribution in [0.25, 0.3) is 0 Å². The molecule has 0 atom stereocenters. The van der Waals surface area contributed by atoms with E-state index in [4.69, 9.17) is 61.0 Å². The Morgan fingerprint density at radius 3 is 2.25 bits per heavy atom. The Balaban J connectivity index is 2.70. The second kappa shape index (κ2) is 9.37. The molecule has 110 valence electrons. The molecule has 0 unspecified atom stereocenters. The average molecular weight is 358 g/mol. The molecule has 0 saturated carbocycles. The lowest BCUT2D eigenvalue weighted by Gasteiger charge is -2.11. The number of hydrogen-bond acceptors (Lipinski definition) is 3. The maximum Gasteiger partial charge on any atom is 0.157 e. The lowest BCUT2D eigenvalue weighted by atomic mass is 10.3. The highest BCUT2D eigenvalue weighted by atomic mass is 35.5. The Morgan fingerprint density at radius 1 is 1.05 bits per heavy atom. The maximum absolute atomic E-state index is 8.60. The third kappa shape index (κ3) is 6.25. The largest absolute Gasteiger partial charge is 0.489 e. The number of rotatable bonds is 7. The van der Waals surface area contributed by atoms with E-state index in [1.54, 1.807) is 24.3 Å². The molecule has 0 saturated heterocycles. The molecule has 7 heteroatoms. The van der Waals surface area contributed by atoms with Crippen molar-refractivity contribution in [2.45, 2.75) is 0 Å². The SMILES string of the molecule is OC/C=C/COc1c(Cl)cc(OCC=C(Cl)Cl)cc1Cl. The van der Waals surface area contributed by atoms with Gasteiger partial charge in [0, 0.05) is 12.1 Å². The van der Waals surface area contributed by atoms with Crippen LogP contribution in [0.1, 0.15) is 0 Å². The van der Waals surface area contributed by atoms with E-state index in [1.165, 1.54) is 6.08 Å². The first-order chi connectivity index (χ1) is 9.54. The van der Waals surface area contributed by atoms with Crippen molar-refractivity contribution in [3.8, 4) is 11.5 Å². The van der Waals surface area contributed by atoms with Crippen LogP contribution in [0.3, 0.4) is 0 Å². The molecule has 20 heavy (non-hydrogen) atoms. The van der Waals surface area contributed by atoms with E-state index in [1.807, 2.05) is 0 Å². The van der Waals surface area contributed by atoms with Gasteiger partial charge in [-0.1, -0.05) is 52.5 Å². The van der Waals surface area contributed by atoms with Gasteiger partial charge in [0.1, 0.15) is 23.5 Å². The third-order valence-corrected chi connectivity index (χ3v) is 2.93. The molecule has 1 N–H and O–H groups in total. The predicted octanol–water partition coefficient (Wildman–Crippen LogP) is 4.62. The molecule has 1 rings (SSSR count). The van der Waals surface area contributed by atoms with Crippen LogP contribution in [0.4, 0.5) is 0 Å². The molecule has 0 aromatic heterocycles. The van der Waals surface area contributed by atoms with Crippen molar-refractivity contribution >= 4 is 46.4 Å². The Bertz CT molecular complexity index is 473. The Morgan fingerprint density at radius 2 is 1.70 bits per heavy atom. The Labute approximate surface area is 137 Å². The van der Waals surface area contributed by atoms with Crippen LogP contribution in [0.2, 0.25) is 10.0 Å². The molecule has 0 amide bonds. The van der Waals surface area contributed by atoms with E-state index in [2.05, 4.69) is 0 Å². The first-order valence-corrected chi connectivity index (χ1v) is 7.07. The van der Waals surface area contributed by atoms with Crippen LogP contribution in [0, 0.1) is 0 Å². The molecule has 0 heterocycles. The highest BCUT2D eigenvalue weighted by Crippen LogP contribution is 2.36. The van der Waals surface area contributed by atoms with Gasteiger partial charge in [0.25, 0.3) is 0 Å². The van der Waals surface area contributed by atoms with Gasteiger partial charge in [0.15, 0.2) is 5.75 Å². The van der Waals surface area contributed by atoms with Crippen LogP contribution in [0.5, 0.6) is 11.5 Å². The maximum atomic E-state index is 8.60. The fraction of sp³-hybridized carbons (Fsp3) is 0.231. The van der Waals surface area contributed by atoms with Crippen molar-refractivity contribution in [3.05, 3.63) is 44.9 Å². The Hall–Kier alpha value is -0.580. The first-order valence-electron chi connectivity index (χ1n) is 5.56. The van der Waals surface area contributed by atoms with Gasteiger partial charge in [-0.25, -0.2) is 0 Å². The summed E-state index contributed by atoms with van der Waals surface area (Å²) >= 11 is 23.0. The second-order valence-corrected chi connectivity index (χ2v) is 5.31. The highest BCUT2D eigenvalue weighted by molar-refractivity contribution is 6.55. The van der Waals surface area contributed by atoms with E-state index < -0.39 is 0 Å². The van der Waals surface area contributed by atoms with E-state index in [-0.39, 0.29) is 24.3 Å². The number of halogens is 4. The molecule has 1 aromatic carbocycles. The van der Waals surface area contributed by atoms with Crippen molar-refractivity contribution in [3.63, 3.8) is 0 Å². The van der Waals surface area contributed by atoms with Gasteiger partial charge in [0.05, 0.1) is 16.7 Å². The van der Waals surface area contributed by atoms with Crippen molar-refractivity contribution in [1.29, 1.82) is 0 Å². The molecule has 0 spiro atoms. The minimum absolute atomic E-state index is 0.0474. The van der Waals surface area contributed by atoms with Gasteiger partial charge < -0.3 is 14.6 Å². The number of aliphatic hydroxyl groups excluding tert-OH is 1. The van der Waals surface area contributed by atoms with Gasteiger partial charge in [-0.2, -0.15) is 0 Å². The molecule has 1 aromatic rings. The number of ether oxygens (including phenoxy) is 2. The molecule has 0 fully saturated rings. The molecular formula is C13H12Cl4O3. The molecule has 0 radical (unpaired) electrons. The molecule has 0 aliphatic carbocycles. The summed E-state index contributed by atoms with van der Waals surface area (Å²) in [7, 11) is 0. The van der Waals surface area contributed by atoms with Crippen molar-refractivity contribution in [2.24, 2.45) is 0 Å². The zero-order chi connectivity index (χ0) is 15.0. The summed E-state index contributed by atoms with van der Waals surface area (Å²) in [6, 6.07) is 3.16. The van der Waals surface area contributed by atoms with Gasteiger partial charge in [0.2, 0.25) is 0 Å². The molecule has 0 aliphatic rings. The topological polar surface area (TPSA) is 38.7 Å². The summed E-state index contributed by atoms with van der Waals surface area (Å²) in [5, 5.41) is 9.25. The van der Waals surface area contributed by atoms with E-state index >= 15 is 0 Å².